The second-order valence-electron chi connectivity index (χ2n) is 5.39. The van der Waals surface area contributed by atoms with Crippen LogP contribution in [0.1, 0.15) is 15.9 Å². The van der Waals surface area contributed by atoms with Gasteiger partial charge in [0, 0.05) is 17.1 Å². The number of carboxylic acid groups (broad SMARTS) is 1. The van der Waals surface area contributed by atoms with Crippen molar-refractivity contribution in [1.82, 2.24) is 4.90 Å². The monoisotopic (exact) mass is 406 g/mol. The standard InChI is InChI=1S/C18H12Cl2N2O3S/c1-22-16(23)15(8-11-2-5-12(19)9-14(11)20)26-18(22)21-13-6-3-10(4-7-13)17(24)25/h2-9H,1H3,(H,24,25). The highest BCUT2D eigenvalue weighted by atomic mass is 35.5. The van der Waals surface area contributed by atoms with Gasteiger partial charge in [-0.05, 0) is 59.8 Å². The predicted octanol–water partition coefficient (Wildman–Crippen LogP) is 4.93. The first kappa shape index (κ1) is 18.5. The number of nitrogens with zero attached hydrogens (tertiary/aromatic N) is 2. The largest absolute Gasteiger partial charge is 0.478 e. The molecule has 0 bridgehead atoms. The van der Waals surface area contributed by atoms with E-state index in [1.54, 1.807) is 43.5 Å². The number of amides is 1. The Morgan fingerprint density at radius 1 is 1.19 bits per heavy atom. The zero-order valence-corrected chi connectivity index (χ0v) is 15.8. The SMILES string of the molecule is CN1C(=O)C(=Cc2ccc(Cl)cc2Cl)SC1=Nc1ccc(C(=O)O)cc1. The summed E-state index contributed by atoms with van der Waals surface area (Å²) in [4.78, 5) is 29.7. The highest BCUT2D eigenvalue weighted by Gasteiger charge is 2.30. The number of aromatic carboxylic acids is 1. The van der Waals surface area contributed by atoms with E-state index in [0.717, 1.165) is 0 Å². The molecule has 2 aromatic carbocycles. The van der Waals surface area contributed by atoms with E-state index in [0.29, 0.717) is 31.4 Å². The van der Waals surface area contributed by atoms with Crippen molar-refractivity contribution in [3.63, 3.8) is 0 Å². The number of halogens is 2. The molecule has 1 N–H and O–H groups in total. The lowest BCUT2D eigenvalue weighted by Gasteiger charge is -2.07. The Morgan fingerprint density at radius 3 is 2.50 bits per heavy atom. The first-order valence-electron chi connectivity index (χ1n) is 7.40. The van der Waals surface area contributed by atoms with Gasteiger partial charge in [0.05, 0.1) is 16.2 Å². The highest BCUT2D eigenvalue weighted by Crippen LogP contribution is 2.34. The van der Waals surface area contributed by atoms with Crippen LogP contribution in [-0.2, 0) is 4.79 Å². The van der Waals surface area contributed by atoms with E-state index in [-0.39, 0.29) is 11.5 Å². The van der Waals surface area contributed by atoms with E-state index >= 15 is 0 Å². The molecule has 2 aromatic rings. The van der Waals surface area contributed by atoms with Crippen molar-refractivity contribution in [2.24, 2.45) is 4.99 Å². The summed E-state index contributed by atoms with van der Waals surface area (Å²) in [7, 11) is 1.63. The number of carboxylic acids is 1. The molecule has 1 heterocycles. The molecule has 26 heavy (non-hydrogen) atoms. The van der Waals surface area contributed by atoms with Crippen molar-refractivity contribution in [3.05, 3.63) is 68.5 Å². The molecule has 1 aliphatic rings. The molecule has 3 rings (SSSR count). The van der Waals surface area contributed by atoms with Crippen molar-refractivity contribution < 1.29 is 14.7 Å². The summed E-state index contributed by atoms with van der Waals surface area (Å²) in [6, 6.07) is 11.2. The minimum Gasteiger partial charge on any atom is -0.478 e. The van der Waals surface area contributed by atoms with E-state index in [2.05, 4.69) is 4.99 Å². The van der Waals surface area contributed by atoms with E-state index in [4.69, 9.17) is 28.3 Å². The quantitative estimate of drug-likeness (QED) is 0.733. The summed E-state index contributed by atoms with van der Waals surface area (Å²) >= 11 is 13.3. The van der Waals surface area contributed by atoms with Gasteiger partial charge >= 0.3 is 5.97 Å². The third-order valence-corrected chi connectivity index (χ3v) is 5.21. The fraction of sp³-hybridized carbons (Fsp3) is 0.0556. The van der Waals surface area contributed by atoms with Gasteiger partial charge in [-0.3, -0.25) is 9.69 Å². The van der Waals surface area contributed by atoms with Crippen LogP contribution < -0.4 is 0 Å². The molecule has 1 amide bonds. The first-order valence-corrected chi connectivity index (χ1v) is 8.97. The summed E-state index contributed by atoms with van der Waals surface area (Å²) < 4.78 is 0. The number of benzene rings is 2. The average Bonchev–Trinajstić information content (AvgIpc) is 2.86. The molecule has 1 aliphatic heterocycles. The first-order chi connectivity index (χ1) is 12.3. The lowest BCUT2D eigenvalue weighted by molar-refractivity contribution is -0.121. The molecule has 0 aliphatic carbocycles. The Labute approximate surface area is 163 Å². The smallest absolute Gasteiger partial charge is 0.335 e. The van der Waals surface area contributed by atoms with Crippen molar-refractivity contribution in [1.29, 1.82) is 0 Å². The second kappa shape index (κ2) is 7.53. The Hall–Kier alpha value is -2.28. The summed E-state index contributed by atoms with van der Waals surface area (Å²) in [5.41, 5.74) is 1.42. The molecule has 0 atom stereocenters. The van der Waals surface area contributed by atoms with Gasteiger partial charge in [-0.1, -0.05) is 29.3 Å². The van der Waals surface area contributed by atoms with Gasteiger partial charge in [0.1, 0.15) is 0 Å². The molecule has 1 saturated heterocycles. The fourth-order valence-corrected chi connectivity index (χ4v) is 3.64. The van der Waals surface area contributed by atoms with E-state index in [1.807, 2.05) is 0 Å². The van der Waals surface area contributed by atoms with Gasteiger partial charge in [-0.15, -0.1) is 0 Å². The number of aliphatic imine (C=N–C) groups is 1. The van der Waals surface area contributed by atoms with Crippen molar-refractivity contribution >= 4 is 63.8 Å². The van der Waals surface area contributed by atoms with E-state index in [1.165, 1.54) is 28.8 Å². The Balaban J connectivity index is 1.88. The second-order valence-corrected chi connectivity index (χ2v) is 7.24. The molecule has 5 nitrogen and oxygen atoms in total. The summed E-state index contributed by atoms with van der Waals surface area (Å²) in [6.07, 6.45) is 1.69. The van der Waals surface area contributed by atoms with Gasteiger partial charge < -0.3 is 5.11 Å². The van der Waals surface area contributed by atoms with Crippen LogP contribution in [0.15, 0.2) is 52.4 Å². The lowest BCUT2D eigenvalue weighted by atomic mass is 10.2. The number of carbonyl (C=O) groups excluding carboxylic acids is 1. The maximum Gasteiger partial charge on any atom is 0.335 e. The van der Waals surface area contributed by atoms with Crippen molar-refractivity contribution in [3.8, 4) is 0 Å². The number of rotatable bonds is 3. The third kappa shape index (κ3) is 3.93. The minimum atomic E-state index is -1.00. The van der Waals surface area contributed by atoms with E-state index < -0.39 is 5.97 Å². The summed E-state index contributed by atoms with van der Waals surface area (Å²) in [6.45, 7) is 0. The summed E-state index contributed by atoms with van der Waals surface area (Å²) in [5, 5.41) is 10.4. The third-order valence-electron chi connectivity index (χ3n) is 3.59. The number of hydrogen-bond acceptors (Lipinski definition) is 4. The molecule has 0 radical (unpaired) electrons. The zero-order valence-electron chi connectivity index (χ0n) is 13.4. The predicted molar refractivity (Wildman–Crippen MR) is 105 cm³/mol. The molecule has 8 heteroatoms. The topological polar surface area (TPSA) is 70.0 Å². The lowest BCUT2D eigenvalue weighted by Crippen LogP contribution is -2.23. The molecular weight excluding hydrogens is 395 g/mol. The number of thioether (sulfide) groups is 1. The molecule has 0 aromatic heterocycles. The molecule has 0 saturated carbocycles. The minimum absolute atomic E-state index is 0.176. The van der Waals surface area contributed by atoms with Gasteiger partial charge in [-0.2, -0.15) is 0 Å². The van der Waals surface area contributed by atoms with Crippen LogP contribution in [0, 0.1) is 0 Å². The number of carbonyl (C=O) groups is 2. The van der Waals surface area contributed by atoms with Crippen LogP contribution in [0.2, 0.25) is 10.0 Å². The normalized spacial score (nSPS) is 17.3. The highest BCUT2D eigenvalue weighted by molar-refractivity contribution is 8.18. The average molecular weight is 407 g/mol. The molecular formula is C18H12Cl2N2O3S. The van der Waals surface area contributed by atoms with Crippen molar-refractivity contribution in [2.75, 3.05) is 7.05 Å². The number of amidine groups is 1. The Kier molecular flexibility index (Phi) is 5.36. The van der Waals surface area contributed by atoms with Crippen LogP contribution in [0.3, 0.4) is 0 Å². The van der Waals surface area contributed by atoms with Crippen LogP contribution in [0.25, 0.3) is 6.08 Å². The Morgan fingerprint density at radius 2 is 1.88 bits per heavy atom. The van der Waals surface area contributed by atoms with Gasteiger partial charge in [-0.25, -0.2) is 9.79 Å². The zero-order chi connectivity index (χ0) is 18.8. The van der Waals surface area contributed by atoms with Gasteiger partial charge in [0.15, 0.2) is 5.17 Å². The van der Waals surface area contributed by atoms with Crippen LogP contribution >= 0.6 is 35.0 Å². The van der Waals surface area contributed by atoms with Crippen molar-refractivity contribution in [2.45, 2.75) is 0 Å². The molecule has 132 valence electrons. The maximum absolute atomic E-state index is 12.4. The van der Waals surface area contributed by atoms with Crippen LogP contribution in [-0.4, -0.2) is 34.1 Å². The number of likely N-dealkylation sites (N-methyl/N-ethyl adjacent to an activating group) is 1. The molecule has 0 spiro atoms. The van der Waals surface area contributed by atoms with Crippen LogP contribution in [0.4, 0.5) is 5.69 Å². The van der Waals surface area contributed by atoms with Crippen LogP contribution in [0.5, 0.6) is 0 Å². The molecule has 1 fully saturated rings. The fourth-order valence-electron chi connectivity index (χ4n) is 2.20. The summed E-state index contributed by atoms with van der Waals surface area (Å²) in [5.74, 6) is -1.20. The van der Waals surface area contributed by atoms with Gasteiger partial charge in [0.2, 0.25) is 0 Å². The van der Waals surface area contributed by atoms with E-state index in [9.17, 15) is 9.59 Å². The maximum atomic E-state index is 12.4. The Bertz CT molecular complexity index is 955. The molecule has 0 unspecified atom stereocenters. The number of hydrogen-bond donors (Lipinski definition) is 1. The van der Waals surface area contributed by atoms with Gasteiger partial charge in [0.25, 0.3) is 5.91 Å².